The van der Waals surface area contributed by atoms with Crippen LogP contribution in [-0.4, -0.2) is 23.0 Å². The van der Waals surface area contributed by atoms with Crippen LogP contribution in [0.1, 0.15) is 16.8 Å². The van der Waals surface area contributed by atoms with E-state index in [4.69, 9.17) is 28.3 Å². The number of nitrogens with one attached hydrogen (secondary N) is 1. The molecule has 0 aromatic heterocycles. The Hall–Kier alpha value is -0.790. The topological polar surface area (TPSA) is 66.4 Å². The molecule has 2 N–H and O–H groups in total. The number of aliphatic carboxylic acids is 1. The zero-order valence-electron chi connectivity index (χ0n) is 10.1. The molecule has 0 saturated carbocycles. The largest absolute Gasteiger partial charge is 0.481 e. The van der Waals surface area contributed by atoms with E-state index in [1.165, 1.54) is 6.07 Å². The molecule has 0 spiro atoms. The summed E-state index contributed by atoms with van der Waals surface area (Å²) in [6.45, 7) is 0. The number of rotatable bonds is 3. The van der Waals surface area contributed by atoms with E-state index in [1.54, 1.807) is 18.2 Å². The van der Waals surface area contributed by atoms with Gasteiger partial charge in [-0.15, -0.1) is 0 Å². The van der Waals surface area contributed by atoms with Gasteiger partial charge in [0.2, 0.25) is 0 Å². The number of hydrogen-bond donors (Lipinski definition) is 2. The number of carbonyl (C=O) groups excluding carboxylic acids is 1. The molecule has 0 saturated heterocycles. The van der Waals surface area contributed by atoms with Gasteiger partial charge in [-0.2, -0.15) is 0 Å². The van der Waals surface area contributed by atoms with Crippen LogP contribution in [0.2, 0.25) is 10.0 Å². The number of carboxylic acid groups (broad SMARTS) is 1. The van der Waals surface area contributed by atoms with Crippen molar-refractivity contribution in [3.63, 3.8) is 0 Å². The second-order valence-electron chi connectivity index (χ2n) is 4.39. The lowest BCUT2D eigenvalue weighted by Gasteiger charge is -2.13. The van der Waals surface area contributed by atoms with Crippen LogP contribution in [0.3, 0.4) is 0 Å². The fourth-order valence-electron chi connectivity index (χ4n) is 1.96. The average molecular weight is 426 g/mol. The molecule has 0 bridgehead atoms. The molecule has 0 aliphatic heterocycles. The van der Waals surface area contributed by atoms with E-state index in [2.05, 4.69) is 5.32 Å². The van der Waals surface area contributed by atoms with E-state index < -0.39 is 11.9 Å². The minimum atomic E-state index is -0.890. The summed E-state index contributed by atoms with van der Waals surface area (Å²) in [6.07, 6.45) is 3.63. The number of carbonyl (C=O) groups is 2. The molecule has 1 aromatic rings. The zero-order valence-corrected chi connectivity index (χ0v) is 13.7. The Morgan fingerprint density at radius 2 is 2.00 bits per heavy atom. The van der Waals surface area contributed by atoms with Crippen molar-refractivity contribution in [3.8, 4) is 0 Å². The van der Waals surface area contributed by atoms with Gasteiger partial charge in [-0.3, -0.25) is 9.59 Å². The van der Waals surface area contributed by atoms with Crippen LogP contribution < -0.4 is 5.32 Å². The van der Waals surface area contributed by atoms with Crippen LogP contribution >= 0.6 is 45.8 Å². The number of halogens is 3. The average Bonchev–Trinajstić information content (AvgIpc) is 2.82. The van der Waals surface area contributed by atoms with Crippen LogP contribution in [0.5, 0.6) is 0 Å². The molecule has 2 rings (SSSR count). The molecule has 2 unspecified atom stereocenters. The molecule has 2 atom stereocenters. The molecule has 7 heteroatoms. The highest BCUT2D eigenvalue weighted by Crippen LogP contribution is 2.27. The summed E-state index contributed by atoms with van der Waals surface area (Å²) >= 11 is 13.8. The van der Waals surface area contributed by atoms with Gasteiger partial charge >= 0.3 is 5.97 Å². The van der Waals surface area contributed by atoms with Crippen LogP contribution in [0, 0.1) is 9.49 Å². The summed E-state index contributed by atoms with van der Waals surface area (Å²) in [7, 11) is 0. The predicted molar refractivity (Wildman–Crippen MR) is 85.3 cm³/mol. The number of carboxylic acids is 1. The second-order valence-corrected chi connectivity index (χ2v) is 6.32. The Kier molecular flexibility index (Phi) is 4.93. The SMILES string of the molecule is O=C(NC1C=CC(C(=O)O)C1)c1cc(Cl)cc(Cl)c1I. The van der Waals surface area contributed by atoms with E-state index in [1.807, 2.05) is 22.6 Å². The predicted octanol–water partition coefficient (Wildman–Crippen LogP) is 3.36. The van der Waals surface area contributed by atoms with Crippen molar-refractivity contribution in [2.24, 2.45) is 5.92 Å². The zero-order chi connectivity index (χ0) is 14.9. The highest BCUT2D eigenvalue weighted by atomic mass is 127. The third-order valence-electron chi connectivity index (χ3n) is 2.95. The van der Waals surface area contributed by atoms with Crippen molar-refractivity contribution in [1.29, 1.82) is 0 Å². The Bertz CT molecular complexity index is 604. The highest BCUT2D eigenvalue weighted by Gasteiger charge is 2.26. The summed E-state index contributed by atoms with van der Waals surface area (Å²) in [5.74, 6) is -1.76. The minimum Gasteiger partial charge on any atom is -0.481 e. The molecule has 0 heterocycles. The van der Waals surface area contributed by atoms with Gasteiger partial charge in [0.15, 0.2) is 0 Å². The summed E-state index contributed by atoms with van der Waals surface area (Å²) in [4.78, 5) is 23.0. The first-order chi connectivity index (χ1) is 9.38. The molecule has 0 fully saturated rings. The molecular weight excluding hydrogens is 416 g/mol. The van der Waals surface area contributed by atoms with E-state index in [9.17, 15) is 9.59 Å². The molecule has 20 heavy (non-hydrogen) atoms. The van der Waals surface area contributed by atoms with Gasteiger partial charge in [0.05, 0.1) is 16.5 Å². The summed E-state index contributed by atoms with van der Waals surface area (Å²) in [5.41, 5.74) is 0.385. The van der Waals surface area contributed by atoms with E-state index in [0.717, 1.165) is 0 Å². The van der Waals surface area contributed by atoms with Gasteiger partial charge in [-0.05, 0) is 41.1 Å². The lowest BCUT2D eigenvalue weighted by molar-refractivity contribution is -0.140. The Balaban J connectivity index is 2.11. The van der Waals surface area contributed by atoms with Crippen molar-refractivity contribution in [2.75, 3.05) is 0 Å². The third-order valence-corrected chi connectivity index (χ3v) is 4.95. The van der Waals surface area contributed by atoms with Crippen molar-refractivity contribution in [2.45, 2.75) is 12.5 Å². The first kappa shape index (κ1) is 15.6. The van der Waals surface area contributed by atoms with Gasteiger partial charge in [0, 0.05) is 14.6 Å². The fourth-order valence-corrected chi connectivity index (χ4v) is 3.01. The van der Waals surface area contributed by atoms with E-state index >= 15 is 0 Å². The molecule has 1 aliphatic carbocycles. The Morgan fingerprint density at radius 3 is 2.60 bits per heavy atom. The minimum absolute atomic E-state index is 0.294. The summed E-state index contributed by atoms with van der Waals surface area (Å²) < 4.78 is 0.614. The smallest absolute Gasteiger partial charge is 0.310 e. The summed E-state index contributed by atoms with van der Waals surface area (Å²) in [6, 6.07) is 2.81. The Labute approximate surface area is 139 Å². The molecule has 106 valence electrons. The van der Waals surface area contributed by atoms with Crippen molar-refractivity contribution in [3.05, 3.63) is 43.5 Å². The number of benzene rings is 1. The van der Waals surface area contributed by atoms with Crippen molar-refractivity contribution in [1.82, 2.24) is 5.32 Å². The molecule has 1 aromatic carbocycles. The van der Waals surface area contributed by atoms with Crippen LogP contribution in [0.25, 0.3) is 0 Å². The first-order valence-electron chi connectivity index (χ1n) is 5.75. The van der Waals surface area contributed by atoms with Gasteiger partial charge in [0.25, 0.3) is 5.91 Å². The number of amides is 1. The van der Waals surface area contributed by atoms with Crippen LogP contribution in [0.15, 0.2) is 24.3 Å². The maximum atomic E-state index is 12.2. The Morgan fingerprint density at radius 1 is 1.30 bits per heavy atom. The monoisotopic (exact) mass is 425 g/mol. The summed E-state index contributed by atoms with van der Waals surface area (Å²) in [5, 5.41) is 12.5. The normalized spacial score (nSPS) is 20.9. The highest BCUT2D eigenvalue weighted by molar-refractivity contribution is 14.1. The van der Waals surface area contributed by atoms with E-state index in [0.29, 0.717) is 25.6 Å². The first-order valence-corrected chi connectivity index (χ1v) is 7.58. The van der Waals surface area contributed by atoms with Gasteiger partial charge in [-0.1, -0.05) is 35.4 Å². The van der Waals surface area contributed by atoms with Crippen molar-refractivity contribution < 1.29 is 14.7 Å². The lowest BCUT2D eigenvalue weighted by Crippen LogP contribution is -2.33. The lowest BCUT2D eigenvalue weighted by atomic mass is 10.1. The third kappa shape index (κ3) is 3.45. The molecule has 4 nitrogen and oxygen atoms in total. The number of hydrogen-bond acceptors (Lipinski definition) is 2. The van der Waals surface area contributed by atoms with Gasteiger partial charge < -0.3 is 10.4 Å². The second kappa shape index (κ2) is 6.32. The fraction of sp³-hybridized carbons (Fsp3) is 0.231. The maximum Gasteiger partial charge on any atom is 0.310 e. The maximum absolute atomic E-state index is 12.2. The molecular formula is C13H10Cl2INO3. The molecule has 0 radical (unpaired) electrons. The van der Waals surface area contributed by atoms with Crippen LogP contribution in [-0.2, 0) is 4.79 Å². The van der Waals surface area contributed by atoms with E-state index in [-0.39, 0.29) is 11.9 Å². The quantitative estimate of drug-likeness (QED) is 0.443. The molecule has 1 amide bonds. The van der Waals surface area contributed by atoms with Gasteiger partial charge in [-0.25, -0.2) is 0 Å². The van der Waals surface area contributed by atoms with Crippen LogP contribution in [0.4, 0.5) is 0 Å². The van der Waals surface area contributed by atoms with Crippen molar-refractivity contribution >= 4 is 57.7 Å². The molecule has 1 aliphatic rings. The standard InChI is InChI=1S/C13H10Cl2INO3/c14-7-4-9(11(16)10(15)5-7)12(18)17-8-2-1-6(3-8)13(19)20/h1-2,4-6,8H,3H2,(H,17,18)(H,19,20). The van der Waals surface area contributed by atoms with Gasteiger partial charge in [0.1, 0.15) is 0 Å².